The van der Waals surface area contributed by atoms with Gasteiger partial charge >= 0.3 is 0 Å². The molecule has 3 rings (SSSR count). The number of thioether (sulfide) groups is 1. The lowest BCUT2D eigenvalue weighted by molar-refractivity contribution is 0.253. The number of halogens is 1. The number of nitrogens with two attached hydrogens (primary N) is 1. The van der Waals surface area contributed by atoms with Gasteiger partial charge in [-0.3, -0.25) is 0 Å². The van der Waals surface area contributed by atoms with Gasteiger partial charge in [-0.05, 0) is 61.8 Å². The van der Waals surface area contributed by atoms with Gasteiger partial charge in [0.25, 0.3) is 0 Å². The Hall–Kier alpha value is -0.0900. The minimum Gasteiger partial charge on any atom is -0.405 e. The topological polar surface area (TPSA) is 38.0 Å². The molecule has 0 aromatic carbocycles. The highest BCUT2D eigenvalue weighted by atomic mass is 79.9. The fourth-order valence-corrected chi connectivity index (χ4v) is 5.78. The zero-order valence-electron chi connectivity index (χ0n) is 11.3. The Bertz CT molecular complexity index is 399. The Balaban J connectivity index is 1.89. The molecule has 4 heteroatoms. The first-order chi connectivity index (χ1) is 9.26. The Morgan fingerprint density at radius 2 is 2.21 bits per heavy atom. The summed E-state index contributed by atoms with van der Waals surface area (Å²) in [5.74, 6) is 2.63. The van der Waals surface area contributed by atoms with Crippen molar-refractivity contribution in [2.45, 2.75) is 49.4 Å². The number of hydrogen-bond acceptors (Lipinski definition) is 3. The quantitative estimate of drug-likeness (QED) is 0.754. The summed E-state index contributed by atoms with van der Waals surface area (Å²) in [6.45, 7) is 0. The summed E-state index contributed by atoms with van der Waals surface area (Å²) in [5, 5.41) is 3.85. The average molecular weight is 343 g/mol. The molecule has 2 heterocycles. The van der Waals surface area contributed by atoms with Crippen LogP contribution in [-0.2, 0) is 0 Å². The van der Waals surface area contributed by atoms with Crippen LogP contribution < -0.4 is 11.1 Å². The standard InChI is InChI=1S/C15H23BrN2S/c16-11-3-4-13-12(10-11)15(5-8-19-9-6-15)14(18-13)2-1-7-17/h1,7,11,14,18H,2-6,8-10,17H2. The van der Waals surface area contributed by atoms with Gasteiger partial charge in [0.2, 0.25) is 0 Å². The van der Waals surface area contributed by atoms with Gasteiger partial charge in [-0.2, -0.15) is 11.8 Å². The smallest absolute Gasteiger partial charge is 0.0388 e. The van der Waals surface area contributed by atoms with E-state index in [2.05, 4.69) is 39.1 Å². The molecular weight excluding hydrogens is 320 g/mol. The minimum absolute atomic E-state index is 0.423. The van der Waals surface area contributed by atoms with Gasteiger partial charge in [-0.25, -0.2) is 0 Å². The molecule has 2 nitrogen and oxygen atoms in total. The SMILES string of the molecule is NC=CCC1NC2=C(CC(Br)CC2)C12CCSCC2. The third-order valence-corrected chi connectivity index (χ3v) is 6.77. The second-order valence-electron chi connectivity index (χ2n) is 5.93. The molecule has 2 aliphatic heterocycles. The van der Waals surface area contributed by atoms with Crippen molar-refractivity contribution in [3.05, 3.63) is 23.5 Å². The Morgan fingerprint density at radius 3 is 2.95 bits per heavy atom. The first-order valence-corrected chi connectivity index (χ1v) is 9.41. The second-order valence-corrected chi connectivity index (χ2v) is 8.45. The molecular formula is C15H23BrN2S. The van der Waals surface area contributed by atoms with E-state index in [1.54, 1.807) is 17.5 Å². The van der Waals surface area contributed by atoms with Gasteiger partial charge in [0.15, 0.2) is 0 Å². The molecule has 1 aliphatic carbocycles. The van der Waals surface area contributed by atoms with E-state index >= 15 is 0 Å². The number of rotatable bonds is 2. The van der Waals surface area contributed by atoms with Gasteiger partial charge in [0.05, 0.1) is 0 Å². The number of fused-ring (bicyclic) bond motifs is 1. The van der Waals surface area contributed by atoms with Crippen LogP contribution in [0.2, 0.25) is 0 Å². The monoisotopic (exact) mass is 342 g/mol. The summed E-state index contributed by atoms with van der Waals surface area (Å²) in [7, 11) is 0. The predicted octanol–water partition coefficient (Wildman–Crippen LogP) is 3.54. The maximum Gasteiger partial charge on any atom is 0.0388 e. The van der Waals surface area contributed by atoms with E-state index in [1.165, 1.54) is 43.6 Å². The van der Waals surface area contributed by atoms with Crippen LogP contribution in [0.1, 0.15) is 38.5 Å². The van der Waals surface area contributed by atoms with Crippen molar-refractivity contribution in [1.29, 1.82) is 0 Å². The predicted molar refractivity (Wildman–Crippen MR) is 87.5 cm³/mol. The Kier molecular flexibility index (Phi) is 4.18. The molecule has 19 heavy (non-hydrogen) atoms. The van der Waals surface area contributed by atoms with Crippen LogP contribution in [0.15, 0.2) is 23.5 Å². The number of hydrogen-bond donors (Lipinski definition) is 2. The van der Waals surface area contributed by atoms with Crippen molar-refractivity contribution in [1.82, 2.24) is 5.32 Å². The van der Waals surface area contributed by atoms with Crippen LogP contribution in [0.25, 0.3) is 0 Å². The Labute approximate surface area is 128 Å². The summed E-state index contributed by atoms with van der Waals surface area (Å²) < 4.78 is 0. The van der Waals surface area contributed by atoms with E-state index in [1.807, 2.05) is 0 Å². The summed E-state index contributed by atoms with van der Waals surface area (Å²) >= 11 is 5.96. The maximum absolute atomic E-state index is 5.56. The van der Waals surface area contributed by atoms with E-state index in [0.29, 0.717) is 16.3 Å². The van der Waals surface area contributed by atoms with Crippen molar-refractivity contribution in [3.63, 3.8) is 0 Å². The molecule has 0 radical (unpaired) electrons. The van der Waals surface area contributed by atoms with Crippen molar-refractivity contribution in [3.8, 4) is 0 Å². The molecule has 0 amide bonds. The van der Waals surface area contributed by atoms with E-state index in [4.69, 9.17) is 5.73 Å². The van der Waals surface area contributed by atoms with Crippen molar-refractivity contribution >= 4 is 27.7 Å². The molecule has 0 aromatic heterocycles. The largest absolute Gasteiger partial charge is 0.405 e. The van der Waals surface area contributed by atoms with E-state index in [9.17, 15) is 0 Å². The average Bonchev–Trinajstić information content (AvgIpc) is 2.71. The minimum atomic E-state index is 0.423. The van der Waals surface area contributed by atoms with Crippen LogP contribution >= 0.6 is 27.7 Å². The molecule has 0 saturated carbocycles. The van der Waals surface area contributed by atoms with Crippen LogP contribution in [0.3, 0.4) is 0 Å². The van der Waals surface area contributed by atoms with Gasteiger partial charge < -0.3 is 11.1 Å². The molecule has 1 spiro atoms. The normalized spacial score (nSPS) is 33.7. The number of alkyl halides is 1. The van der Waals surface area contributed by atoms with Crippen LogP contribution in [0.4, 0.5) is 0 Å². The van der Waals surface area contributed by atoms with Crippen molar-refractivity contribution in [2.24, 2.45) is 11.1 Å². The van der Waals surface area contributed by atoms with Gasteiger partial charge in [-0.1, -0.05) is 22.0 Å². The van der Waals surface area contributed by atoms with Gasteiger partial charge in [-0.15, -0.1) is 0 Å². The molecule has 3 aliphatic rings. The Morgan fingerprint density at radius 1 is 1.42 bits per heavy atom. The first-order valence-electron chi connectivity index (χ1n) is 7.34. The molecule has 3 N–H and O–H groups in total. The third kappa shape index (κ3) is 2.46. The third-order valence-electron chi connectivity index (χ3n) is 5.01. The zero-order chi connectivity index (χ0) is 13.3. The molecule has 1 saturated heterocycles. The van der Waals surface area contributed by atoms with Crippen molar-refractivity contribution in [2.75, 3.05) is 11.5 Å². The van der Waals surface area contributed by atoms with Crippen LogP contribution in [0, 0.1) is 5.41 Å². The van der Waals surface area contributed by atoms with E-state index in [-0.39, 0.29) is 0 Å². The summed E-state index contributed by atoms with van der Waals surface area (Å²) in [4.78, 5) is 0.684. The fraction of sp³-hybridized carbons (Fsp3) is 0.733. The number of allylic oxidation sites excluding steroid dienone is 1. The molecule has 2 atom stereocenters. The fourth-order valence-electron chi connectivity index (χ4n) is 4.01. The lowest BCUT2D eigenvalue weighted by Crippen LogP contribution is -2.42. The summed E-state index contributed by atoms with van der Waals surface area (Å²) in [5.41, 5.74) is 9.30. The van der Waals surface area contributed by atoms with Crippen LogP contribution in [-0.4, -0.2) is 22.4 Å². The molecule has 0 aromatic rings. The highest BCUT2D eigenvalue weighted by Crippen LogP contribution is 2.54. The maximum atomic E-state index is 5.56. The van der Waals surface area contributed by atoms with Gasteiger partial charge in [0.1, 0.15) is 0 Å². The number of nitrogens with one attached hydrogen (secondary N) is 1. The lowest BCUT2D eigenvalue weighted by Gasteiger charge is -2.41. The van der Waals surface area contributed by atoms with Crippen LogP contribution in [0.5, 0.6) is 0 Å². The van der Waals surface area contributed by atoms with E-state index < -0.39 is 0 Å². The van der Waals surface area contributed by atoms with Gasteiger partial charge in [0, 0.05) is 22.0 Å². The lowest BCUT2D eigenvalue weighted by atomic mass is 9.68. The molecule has 106 valence electrons. The first kappa shape index (κ1) is 13.9. The summed E-state index contributed by atoms with van der Waals surface area (Å²) in [6, 6.07) is 0.580. The van der Waals surface area contributed by atoms with E-state index in [0.717, 1.165) is 6.42 Å². The molecule has 2 unspecified atom stereocenters. The highest BCUT2D eigenvalue weighted by molar-refractivity contribution is 9.09. The summed E-state index contributed by atoms with van der Waals surface area (Å²) in [6.07, 6.45) is 11.3. The molecule has 0 bridgehead atoms. The zero-order valence-corrected chi connectivity index (χ0v) is 13.7. The van der Waals surface area contributed by atoms with Crippen molar-refractivity contribution < 1.29 is 0 Å². The second kappa shape index (κ2) is 5.72. The molecule has 1 fully saturated rings. The highest BCUT2D eigenvalue weighted by Gasteiger charge is 2.49.